The first-order valence-electron chi connectivity index (χ1n) is 10.7. The van der Waals surface area contributed by atoms with E-state index < -0.39 is 15.9 Å². The summed E-state index contributed by atoms with van der Waals surface area (Å²) >= 11 is 5.89. The smallest absolute Gasteiger partial charge is 0.243 e. The summed E-state index contributed by atoms with van der Waals surface area (Å²) in [6.07, 6.45) is 1.85. The van der Waals surface area contributed by atoms with Gasteiger partial charge >= 0.3 is 0 Å². The number of nitrogens with zero attached hydrogens (tertiary/aromatic N) is 2. The van der Waals surface area contributed by atoms with Crippen molar-refractivity contribution in [3.8, 4) is 0 Å². The molecular formula is C23H26ClN3O4S. The number of hydrogen-bond donors (Lipinski definition) is 1. The number of benzene rings is 2. The monoisotopic (exact) mass is 475 g/mol. The highest BCUT2D eigenvalue weighted by molar-refractivity contribution is 7.89. The Morgan fingerprint density at radius 3 is 2.53 bits per heavy atom. The van der Waals surface area contributed by atoms with E-state index in [0.717, 1.165) is 11.3 Å². The van der Waals surface area contributed by atoms with Crippen molar-refractivity contribution >= 4 is 44.8 Å². The highest BCUT2D eigenvalue weighted by Gasteiger charge is 2.35. The van der Waals surface area contributed by atoms with Gasteiger partial charge in [-0.2, -0.15) is 4.31 Å². The van der Waals surface area contributed by atoms with Crippen LogP contribution in [0.15, 0.2) is 47.4 Å². The largest absolute Gasteiger partial charge is 0.326 e. The maximum atomic E-state index is 13.3. The molecule has 2 aromatic rings. The van der Waals surface area contributed by atoms with Gasteiger partial charge in [0.1, 0.15) is 0 Å². The number of amides is 2. The summed E-state index contributed by atoms with van der Waals surface area (Å²) in [5, 5.41) is 3.43. The molecule has 1 N–H and O–H groups in total. The van der Waals surface area contributed by atoms with Crippen molar-refractivity contribution in [2.45, 2.75) is 44.0 Å². The molecule has 2 aromatic carbocycles. The van der Waals surface area contributed by atoms with Crippen LogP contribution >= 0.6 is 11.6 Å². The fourth-order valence-electron chi connectivity index (χ4n) is 4.55. The fraction of sp³-hybridized carbons (Fsp3) is 0.391. The number of carbonyl (C=O) groups excluding carboxylic acids is 2. The van der Waals surface area contributed by atoms with Crippen LogP contribution in [0.1, 0.15) is 32.3 Å². The first-order chi connectivity index (χ1) is 15.2. The van der Waals surface area contributed by atoms with Crippen LogP contribution in [0.5, 0.6) is 0 Å². The van der Waals surface area contributed by atoms with Crippen molar-refractivity contribution in [1.82, 2.24) is 4.31 Å². The second-order valence-corrected chi connectivity index (χ2v) is 10.8. The lowest BCUT2D eigenvalue weighted by Gasteiger charge is -2.31. The zero-order valence-corrected chi connectivity index (χ0v) is 19.6. The summed E-state index contributed by atoms with van der Waals surface area (Å²) in [6, 6.07) is 11.7. The highest BCUT2D eigenvalue weighted by atomic mass is 35.5. The van der Waals surface area contributed by atoms with Crippen molar-refractivity contribution in [2.75, 3.05) is 23.3 Å². The van der Waals surface area contributed by atoms with Crippen LogP contribution in [0.3, 0.4) is 0 Å². The topological polar surface area (TPSA) is 86.8 Å². The predicted molar refractivity (Wildman–Crippen MR) is 124 cm³/mol. The van der Waals surface area contributed by atoms with E-state index >= 15 is 0 Å². The van der Waals surface area contributed by atoms with E-state index in [4.69, 9.17) is 11.6 Å². The Bertz CT molecular complexity index is 1150. The van der Waals surface area contributed by atoms with Gasteiger partial charge in [-0.1, -0.05) is 11.6 Å². The van der Waals surface area contributed by atoms with Gasteiger partial charge in [-0.15, -0.1) is 0 Å². The minimum absolute atomic E-state index is 0.00335. The van der Waals surface area contributed by atoms with E-state index in [1.54, 1.807) is 47.4 Å². The van der Waals surface area contributed by atoms with Gasteiger partial charge in [0.05, 0.1) is 10.8 Å². The molecule has 2 aliphatic heterocycles. The molecule has 0 aliphatic carbocycles. The molecular weight excluding hydrogens is 450 g/mol. The molecule has 2 atom stereocenters. The van der Waals surface area contributed by atoms with Gasteiger partial charge in [0.2, 0.25) is 21.8 Å². The molecule has 32 heavy (non-hydrogen) atoms. The second kappa shape index (κ2) is 8.84. The number of hydrogen-bond acceptors (Lipinski definition) is 4. The molecule has 1 saturated heterocycles. The van der Waals surface area contributed by atoms with Gasteiger partial charge in [-0.05, 0) is 74.2 Å². The van der Waals surface area contributed by atoms with Gasteiger partial charge in [0.15, 0.2) is 0 Å². The number of nitrogens with one attached hydrogen (secondary N) is 1. The second-order valence-electron chi connectivity index (χ2n) is 8.43. The molecule has 2 amide bonds. The third-order valence-corrected chi connectivity index (χ3v) is 8.22. The molecule has 0 saturated carbocycles. The van der Waals surface area contributed by atoms with Crippen molar-refractivity contribution in [1.29, 1.82) is 0 Å². The van der Waals surface area contributed by atoms with E-state index in [0.29, 0.717) is 36.5 Å². The molecule has 7 nitrogen and oxygen atoms in total. The lowest BCUT2D eigenvalue weighted by molar-refractivity contribution is -0.121. The number of halogens is 1. The molecule has 0 unspecified atom stereocenters. The first kappa shape index (κ1) is 22.8. The molecule has 0 spiro atoms. The maximum absolute atomic E-state index is 13.3. The lowest BCUT2D eigenvalue weighted by atomic mass is 9.99. The molecule has 4 rings (SSSR count). The Hall–Kier alpha value is -2.42. The molecule has 2 heterocycles. The van der Waals surface area contributed by atoms with E-state index in [-0.39, 0.29) is 29.3 Å². The van der Waals surface area contributed by atoms with Crippen molar-refractivity contribution < 1.29 is 18.0 Å². The molecule has 0 radical (unpaired) electrons. The number of carbonyl (C=O) groups is 2. The summed E-state index contributed by atoms with van der Waals surface area (Å²) < 4.78 is 28.1. The summed E-state index contributed by atoms with van der Waals surface area (Å²) in [7, 11) is -3.75. The van der Waals surface area contributed by atoms with E-state index in [1.807, 2.05) is 6.92 Å². The minimum Gasteiger partial charge on any atom is -0.326 e. The number of rotatable bonds is 4. The summed E-state index contributed by atoms with van der Waals surface area (Å²) in [5.41, 5.74) is 2.24. The Morgan fingerprint density at radius 1 is 1.12 bits per heavy atom. The van der Waals surface area contributed by atoms with E-state index in [1.165, 1.54) is 11.2 Å². The van der Waals surface area contributed by atoms with Crippen LogP contribution in [0, 0.1) is 5.92 Å². The lowest BCUT2D eigenvalue weighted by Crippen LogP contribution is -2.43. The van der Waals surface area contributed by atoms with Crippen LogP contribution in [-0.4, -0.2) is 43.7 Å². The molecule has 2 aliphatic rings. The number of piperidine rings is 1. The SMILES string of the molecule is CC(=O)N1c2ccc(S(=O)(=O)N3CCC[C@@H](C(=O)Nc4ccc(Cl)cc4)C3)cc2C[C@@H]1C. The van der Waals surface area contributed by atoms with Crippen LogP contribution in [0.4, 0.5) is 11.4 Å². The third kappa shape index (κ3) is 4.40. The first-order valence-corrected chi connectivity index (χ1v) is 12.5. The van der Waals surface area contributed by atoms with Crippen LogP contribution in [0.2, 0.25) is 5.02 Å². The Morgan fingerprint density at radius 2 is 1.84 bits per heavy atom. The standard InChI is InChI=1S/C23H26ClN3O4S/c1-15-12-18-13-21(9-10-22(18)27(15)16(2)28)32(30,31)26-11-3-4-17(14-26)23(29)25-20-7-5-19(24)6-8-20/h5-10,13,15,17H,3-4,11-12,14H2,1-2H3,(H,25,29)/t15-,17+/m0/s1. The van der Waals surface area contributed by atoms with E-state index in [9.17, 15) is 18.0 Å². The summed E-state index contributed by atoms with van der Waals surface area (Å²) in [4.78, 5) is 26.6. The van der Waals surface area contributed by atoms with Gasteiger partial charge in [-0.3, -0.25) is 9.59 Å². The zero-order chi connectivity index (χ0) is 23.0. The van der Waals surface area contributed by atoms with Gasteiger partial charge in [0.25, 0.3) is 0 Å². The summed E-state index contributed by atoms with van der Waals surface area (Å²) in [6.45, 7) is 3.97. The molecule has 9 heteroatoms. The van der Waals surface area contributed by atoms with Crippen LogP contribution in [-0.2, 0) is 26.0 Å². The Labute approximate surface area is 193 Å². The van der Waals surface area contributed by atoms with Crippen molar-refractivity contribution in [2.24, 2.45) is 5.92 Å². The highest BCUT2D eigenvalue weighted by Crippen LogP contribution is 2.35. The predicted octanol–water partition coefficient (Wildman–Crippen LogP) is 3.68. The van der Waals surface area contributed by atoms with Crippen molar-refractivity contribution in [3.05, 3.63) is 53.1 Å². The number of anilines is 2. The van der Waals surface area contributed by atoms with Crippen LogP contribution < -0.4 is 10.2 Å². The quantitative estimate of drug-likeness (QED) is 0.730. The normalized spacial score (nSPS) is 21.3. The van der Waals surface area contributed by atoms with Crippen molar-refractivity contribution in [3.63, 3.8) is 0 Å². The number of sulfonamides is 1. The van der Waals surface area contributed by atoms with E-state index in [2.05, 4.69) is 5.32 Å². The molecule has 0 aromatic heterocycles. The average Bonchev–Trinajstić information content (AvgIpc) is 3.10. The van der Waals surface area contributed by atoms with Gasteiger partial charge in [-0.25, -0.2) is 8.42 Å². The Kier molecular flexibility index (Phi) is 6.29. The molecule has 1 fully saturated rings. The average molecular weight is 476 g/mol. The van der Waals surface area contributed by atoms with Gasteiger partial charge in [0, 0.05) is 42.5 Å². The molecule has 170 valence electrons. The van der Waals surface area contributed by atoms with Gasteiger partial charge < -0.3 is 10.2 Å². The third-order valence-electron chi connectivity index (χ3n) is 6.11. The zero-order valence-electron chi connectivity index (χ0n) is 18.0. The summed E-state index contributed by atoms with van der Waals surface area (Å²) in [5.74, 6) is -0.693. The minimum atomic E-state index is -3.75. The molecule has 0 bridgehead atoms. The van der Waals surface area contributed by atoms with Crippen LogP contribution in [0.25, 0.3) is 0 Å². The number of fused-ring (bicyclic) bond motifs is 1. The maximum Gasteiger partial charge on any atom is 0.243 e. The Balaban J connectivity index is 1.50. The fourth-order valence-corrected chi connectivity index (χ4v) is 6.25.